The third kappa shape index (κ3) is 4.89. The van der Waals surface area contributed by atoms with E-state index in [2.05, 4.69) is 12.2 Å². The van der Waals surface area contributed by atoms with Crippen molar-refractivity contribution in [1.29, 1.82) is 0 Å². The molecule has 2 fully saturated rings. The molecule has 124 valence electrons. The van der Waals surface area contributed by atoms with Crippen molar-refractivity contribution >= 4 is 10.2 Å². The van der Waals surface area contributed by atoms with E-state index in [1.807, 2.05) is 0 Å². The monoisotopic (exact) mass is 319 g/mol. The van der Waals surface area contributed by atoms with Crippen molar-refractivity contribution in [3.05, 3.63) is 0 Å². The van der Waals surface area contributed by atoms with E-state index in [0.717, 1.165) is 38.8 Å². The fraction of sp³-hybridized carbons (Fsp3) is 1.00. The predicted octanol–water partition coefficient (Wildman–Crippen LogP) is 0.665. The molecule has 0 bridgehead atoms. The summed E-state index contributed by atoms with van der Waals surface area (Å²) in [5, 5.41) is 3.41. The molecule has 2 rings (SSSR count). The van der Waals surface area contributed by atoms with Gasteiger partial charge in [-0.05, 0) is 44.7 Å². The van der Waals surface area contributed by atoms with Crippen LogP contribution in [0.5, 0.6) is 0 Å². The molecule has 21 heavy (non-hydrogen) atoms. The minimum absolute atomic E-state index is 0.434. The number of nitrogens with one attached hydrogen (secondary N) is 1. The molecule has 1 atom stereocenters. The Labute approximate surface area is 129 Å². The van der Waals surface area contributed by atoms with Crippen LogP contribution >= 0.6 is 0 Å². The molecule has 0 saturated carbocycles. The fourth-order valence-corrected chi connectivity index (χ4v) is 4.75. The smallest absolute Gasteiger partial charge is 0.282 e. The van der Waals surface area contributed by atoms with E-state index in [9.17, 15) is 8.42 Å². The van der Waals surface area contributed by atoms with E-state index in [1.165, 1.54) is 0 Å². The molecule has 0 amide bonds. The Hall–Kier alpha value is -0.210. The van der Waals surface area contributed by atoms with Gasteiger partial charge in [-0.25, -0.2) is 0 Å². The normalized spacial score (nSPS) is 26.6. The van der Waals surface area contributed by atoms with Crippen LogP contribution in [0.1, 0.15) is 32.6 Å². The Morgan fingerprint density at radius 2 is 1.95 bits per heavy atom. The van der Waals surface area contributed by atoms with Crippen molar-refractivity contribution in [1.82, 2.24) is 13.9 Å². The summed E-state index contributed by atoms with van der Waals surface area (Å²) in [4.78, 5) is 0. The predicted molar refractivity (Wildman–Crippen MR) is 83.4 cm³/mol. The molecule has 1 unspecified atom stereocenters. The summed E-state index contributed by atoms with van der Waals surface area (Å²) in [6, 6.07) is 0. The standard InChI is InChI=1S/C14H29N3O3S/c1-2-6-15-12-14-5-3-7-17(13-14)21(18,19)16-8-4-10-20-11-9-16/h14-15H,2-13H2,1H3. The van der Waals surface area contributed by atoms with Crippen LogP contribution in [0.3, 0.4) is 0 Å². The van der Waals surface area contributed by atoms with Crippen LogP contribution in [-0.4, -0.2) is 69.5 Å². The van der Waals surface area contributed by atoms with Crippen LogP contribution in [0.4, 0.5) is 0 Å². The first-order valence-electron chi connectivity index (χ1n) is 8.18. The van der Waals surface area contributed by atoms with Crippen molar-refractivity contribution in [2.75, 3.05) is 52.5 Å². The highest BCUT2D eigenvalue weighted by Gasteiger charge is 2.33. The number of hydrogen-bond donors (Lipinski definition) is 1. The summed E-state index contributed by atoms with van der Waals surface area (Å²) in [7, 11) is -3.31. The minimum Gasteiger partial charge on any atom is -0.380 e. The highest BCUT2D eigenvalue weighted by Crippen LogP contribution is 2.21. The number of hydrogen-bond acceptors (Lipinski definition) is 4. The first-order chi connectivity index (χ1) is 10.1. The largest absolute Gasteiger partial charge is 0.380 e. The number of piperidine rings is 1. The average Bonchev–Trinajstić information content (AvgIpc) is 2.77. The number of ether oxygens (including phenoxy) is 1. The van der Waals surface area contributed by atoms with E-state index < -0.39 is 10.2 Å². The summed E-state index contributed by atoms with van der Waals surface area (Å²) in [6.45, 7) is 7.61. The molecular formula is C14H29N3O3S. The molecule has 0 aliphatic carbocycles. The van der Waals surface area contributed by atoms with Crippen molar-refractivity contribution in [2.24, 2.45) is 5.92 Å². The lowest BCUT2D eigenvalue weighted by molar-refractivity contribution is 0.147. The molecule has 0 spiro atoms. The van der Waals surface area contributed by atoms with Crippen molar-refractivity contribution in [2.45, 2.75) is 32.6 Å². The van der Waals surface area contributed by atoms with Crippen LogP contribution in [0.25, 0.3) is 0 Å². The molecule has 0 aromatic heterocycles. The van der Waals surface area contributed by atoms with Gasteiger partial charge in [-0.3, -0.25) is 0 Å². The summed E-state index contributed by atoms with van der Waals surface area (Å²) in [6.07, 6.45) is 3.98. The van der Waals surface area contributed by atoms with Gasteiger partial charge in [0.2, 0.25) is 0 Å². The van der Waals surface area contributed by atoms with Gasteiger partial charge in [-0.15, -0.1) is 0 Å². The average molecular weight is 319 g/mol. The lowest BCUT2D eigenvalue weighted by Gasteiger charge is -2.35. The van der Waals surface area contributed by atoms with Gasteiger partial charge in [0.15, 0.2) is 0 Å². The van der Waals surface area contributed by atoms with E-state index in [1.54, 1.807) is 8.61 Å². The first-order valence-corrected chi connectivity index (χ1v) is 9.58. The summed E-state index contributed by atoms with van der Waals surface area (Å²) >= 11 is 0. The lowest BCUT2D eigenvalue weighted by Crippen LogP contribution is -2.49. The summed E-state index contributed by atoms with van der Waals surface area (Å²) in [5.41, 5.74) is 0. The van der Waals surface area contributed by atoms with E-state index in [-0.39, 0.29) is 0 Å². The highest BCUT2D eigenvalue weighted by molar-refractivity contribution is 7.86. The number of rotatable bonds is 6. The molecule has 2 heterocycles. The zero-order valence-electron chi connectivity index (χ0n) is 13.1. The van der Waals surface area contributed by atoms with Crippen LogP contribution in [0.2, 0.25) is 0 Å². The molecule has 1 N–H and O–H groups in total. The SMILES string of the molecule is CCCNCC1CCCN(S(=O)(=O)N2CCCOCC2)C1. The first kappa shape index (κ1) is 17.1. The molecule has 0 radical (unpaired) electrons. The quantitative estimate of drug-likeness (QED) is 0.731. The molecular weight excluding hydrogens is 290 g/mol. The molecule has 6 nitrogen and oxygen atoms in total. The zero-order chi connectivity index (χ0) is 15.1. The third-order valence-corrected chi connectivity index (χ3v) is 6.18. The van der Waals surface area contributed by atoms with Gasteiger partial charge in [0, 0.05) is 32.8 Å². The van der Waals surface area contributed by atoms with Gasteiger partial charge in [-0.1, -0.05) is 6.92 Å². The Kier molecular flexibility index (Phi) is 6.88. The topological polar surface area (TPSA) is 61.9 Å². The van der Waals surface area contributed by atoms with Gasteiger partial charge in [-0.2, -0.15) is 17.0 Å². The van der Waals surface area contributed by atoms with E-state index in [0.29, 0.717) is 45.3 Å². The fourth-order valence-electron chi connectivity index (χ4n) is 3.00. The maximum Gasteiger partial charge on any atom is 0.282 e. The summed E-state index contributed by atoms with van der Waals surface area (Å²) < 4.78 is 34.1. The Bertz CT molecular complexity index is 394. The maximum atomic E-state index is 12.7. The molecule has 2 aliphatic rings. The Morgan fingerprint density at radius 3 is 2.76 bits per heavy atom. The lowest BCUT2D eigenvalue weighted by atomic mass is 10.00. The second kappa shape index (κ2) is 8.43. The summed E-state index contributed by atoms with van der Waals surface area (Å²) in [5.74, 6) is 0.434. The van der Waals surface area contributed by atoms with E-state index >= 15 is 0 Å². The van der Waals surface area contributed by atoms with Crippen LogP contribution in [0.15, 0.2) is 0 Å². The third-order valence-electron chi connectivity index (χ3n) is 4.18. The van der Waals surface area contributed by atoms with E-state index in [4.69, 9.17) is 4.74 Å². The Morgan fingerprint density at radius 1 is 1.14 bits per heavy atom. The highest BCUT2D eigenvalue weighted by atomic mass is 32.2. The van der Waals surface area contributed by atoms with Gasteiger partial charge >= 0.3 is 0 Å². The van der Waals surface area contributed by atoms with Gasteiger partial charge in [0.25, 0.3) is 10.2 Å². The second-order valence-corrected chi connectivity index (χ2v) is 7.87. The second-order valence-electron chi connectivity index (χ2n) is 5.94. The van der Waals surface area contributed by atoms with Crippen LogP contribution < -0.4 is 5.32 Å². The minimum atomic E-state index is -3.31. The van der Waals surface area contributed by atoms with Crippen molar-refractivity contribution < 1.29 is 13.2 Å². The maximum absolute atomic E-state index is 12.7. The molecule has 0 aromatic rings. The molecule has 7 heteroatoms. The van der Waals surface area contributed by atoms with Gasteiger partial charge < -0.3 is 10.1 Å². The van der Waals surface area contributed by atoms with Crippen LogP contribution in [0, 0.1) is 5.92 Å². The zero-order valence-corrected chi connectivity index (χ0v) is 13.9. The molecule has 2 saturated heterocycles. The van der Waals surface area contributed by atoms with Crippen molar-refractivity contribution in [3.8, 4) is 0 Å². The van der Waals surface area contributed by atoms with Crippen molar-refractivity contribution in [3.63, 3.8) is 0 Å². The molecule has 0 aromatic carbocycles. The molecule has 2 aliphatic heterocycles. The van der Waals surface area contributed by atoms with Crippen LogP contribution in [-0.2, 0) is 14.9 Å². The van der Waals surface area contributed by atoms with Gasteiger partial charge in [0.1, 0.15) is 0 Å². The number of nitrogens with zero attached hydrogens (tertiary/aromatic N) is 2. The Balaban J connectivity index is 1.91. The van der Waals surface area contributed by atoms with Gasteiger partial charge in [0.05, 0.1) is 6.61 Å².